The molecule has 39 heavy (non-hydrogen) atoms. The molecule has 0 radical (unpaired) electrons. The van der Waals surface area contributed by atoms with Crippen LogP contribution in [0.4, 0.5) is 9.59 Å². The number of ether oxygens (including phenoxy) is 5. The lowest BCUT2D eigenvalue weighted by atomic mass is 10.1. The molecule has 0 aliphatic rings. The van der Waals surface area contributed by atoms with Gasteiger partial charge in [-0.15, -0.1) is 0 Å². The summed E-state index contributed by atoms with van der Waals surface area (Å²) >= 11 is 0. The molecule has 7 heteroatoms. The van der Waals surface area contributed by atoms with Gasteiger partial charge in [0, 0.05) is 16.8 Å². The molecule has 3 rings (SSSR count). The summed E-state index contributed by atoms with van der Waals surface area (Å²) in [5.41, 5.74) is 0. The molecule has 210 valence electrons. The summed E-state index contributed by atoms with van der Waals surface area (Å²) in [6.07, 6.45) is 8.80. The molecule has 0 atom stereocenters. The van der Waals surface area contributed by atoms with Crippen LogP contribution in [-0.2, 0) is 9.47 Å². The number of benzene rings is 3. The molecule has 0 fully saturated rings. The molecule has 0 aliphatic carbocycles. The average molecular weight is 537 g/mol. The Bertz CT molecular complexity index is 1160. The number of hydrogen-bond donors (Lipinski definition) is 0. The molecule has 0 unspecified atom stereocenters. The van der Waals surface area contributed by atoms with Crippen molar-refractivity contribution in [2.24, 2.45) is 0 Å². The van der Waals surface area contributed by atoms with Crippen molar-refractivity contribution in [2.45, 2.75) is 78.1 Å². The van der Waals surface area contributed by atoms with Crippen LogP contribution < -0.4 is 14.2 Å². The summed E-state index contributed by atoms with van der Waals surface area (Å²) < 4.78 is 28.0. The van der Waals surface area contributed by atoms with Gasteiger partial charge in [0.15, 0.2) is 11.5 Å². The number of fused-ring (bicyclic) bond motifs is 1. The van der Waals surface area contributed by atoms with Gasteiger partial charge >= 0.3 is 12.3 Å². The summed E-state index contributed by atoms with van der Waals surface area (Å²) in [6, 6.07) is 17.8. The SMILES string of the molecule is CCCCCCCOC(=O)Oc1cc(Oc2ccccc2)c(OC(=O)OCCCCCCC)c2ccccc12. The molecule has 0 heterocycles. The highest BCUT2D eigenvalue weighted by atomic mass is 16.7. The number of rotatable bonds is 16. The highest BCUT2D eigenvalue weighted by Gasteiger charge is 2.21. The Morgan fingerprint density at radius 2 is 1.13 bits per heavy atom. The van der Waals surface area contributed by atoms with E-state index in [1.54, 1.807) is 30.3 Å². The lowest BCUT2D eigenvalue weighted by molar-refractivity contribution is 0.0951. The van der Waals surface area contributed by atoms with E-state index in [1.165, 1.54) is 12.5 Å². The third-order valence-corrected chi connectivity index (χ3v) is 6.21. The van der Waals surface area contributed by atoms with E-state index < -0.39 is 12.3 Å². The molecule has 0 bridgehead atoms. The van der Waals surface area contributed by atoms with Gasteiger partial charge in [0.2, 0.25) is 0 Å². The minimum Gasteiger partial charge on any atom is -0.453 e. The van der Waals surface area contributed by atoms with Crippen LogP contribution in [0.25, 0.3) is 10.8 Å². The monoisotopic (exact) mass is 536 g/mol. The number of hydrogen-bond acceptors (Lipinski definition) is 7. The van der Waals surface area contributed by atoms with Crippen LogP contribution in [0, 0.1) is 0 Å². The van der Waals surface area contributed by atoms with Gasteiger partial charge in [-0.05, 0) is 25.0 Å². The highest BCUT2D eigenvalue weighted by molar-refractivity contribution is 5.97. The molecular weight excluding hydrogens is 496 g/mol. The Labute approximate surface area is 231 Å². The molecule has 0 spiro atoms. The smallest absolute Gasteiger partial charge is 0.453 e. The van der Waals surface area contributed by atoms with Gasteiger partial charge in [0.25, 0.3) is 0 Å². The van der Waals surface area contributed by atoms with Crippen LogP contribution >= 0.6 is 0 Å². The average Bonchev–Trinajstić information content (AvgIpc) is 2.95. The zero-order valence-corrected chi connectivity index (χ0v) is 23.1. The van der Waals surface area contributed by atoms with Crippen molar-refractivity contribution in [1.82, 2.24) is 0 Å². The minimum atomic E-state index is -0.815. The second kappa shape index (κ2) is 17.0. The van der Waals surface area contributed by atoms with Crippen LogP contribution in [-0.4, -0.2) is 25.5 Å². The van der Waals surface area contributed by atoms with E-state index in [4.69, 9.17) is 23.7 Å². The van der Waals surface area contributed by atoms with Crippen molar-refractivity contribution in [3.8, 4) is 23.0 Å². The van der Waals surface area contributed by atoms with Gasteiger partial charge in [-0.1, -0.05) is 108 Å². The van der Waals surface area contributed by atoms with E-state index in [0.717, 1.165) is 57.8 Å². The number of carbonyl (C=O) groups excluding carboxylic acids is 2. The molecule has 3 aromatic carbocycles. The summed E-state index contributed by atoms with van der Waals surface area (Å²) in [5.74, 6) is 1.16. The predicted molar refractivity (Wildman–Crippen MR) is 152 cm³/mol. The van der Waals surface area contributed by atoms with Crippen molar-refractivity contribution < 1.29 is 33.3 Å². The van der Waals surface area contributed by atoms with Gasteiger partial charge in [0.1, 0.15) is 11.5 Å². The molecule has 7 nitrogen and oxygen atoms in total. The number of carbonyl (C=O) groups is 2. The Balaban J connectivity index is 1.78. The fraction of sp³-hybridized carbons (Fsp3) is 0.438. The molecule has 0 N–H and O–H groups in total. The summed E-state index contributed by atoms with van der Waals surface area (Å²) in [5, 5.41) is 1.10. The first-order chi connectivity index (χ1) is 19.1. The van der Waals surface area contributed by atoms with E-state index in [1.807, 2.05) is 24.3 Å². The molecule has 0 saturated carbocycles. The fourth-order valence-electron chi connectivity index (χ4n) is 4.13. The van der Waals surface area contributed by atoms with E-state index in [0.29, 0.717) is 23.1 Å². The van der Waals surface area contributed by atoms with Gasteiger partial charge in [-0.2, -0.15) is 0 Å². The topological polar surface area (TPSA) is 80.3 Å². The molecule has 0 saturated heterocycles. The molecular formula is C32H40O7. The van der Waals surface area contributed by atoms with Crippen molar-refractivity contribution >= 4 is 23.1 Å². The van der Waals surface area contributed by atoms with Crippen LogP contribution in [0.3, 0.4) is 0 Å². The van der Waals surface area contributed by atoms with E-state index in [2.05, 4.69) is 13.8 Å². The number of para-hydroxylation sites is 1. The maximum absolute atomic E-state index is 12.6. The van der Waals surface area contributed by atoms with Crippen LogP contribution in [0.2, 0.25) is 0 Å². The predicted octanol–water partition coefficient (Wildman–Crippen LogP) is 9.60. The van der Waals surface area contributed by atoms with E-state index >= 15 is 0 Å². The van der Waals surface area contributed by atoms with Crippen molar-refractivity contribution in [1.29, 1.82) is 0 Å². The van der Waals surface area contributed by atoms with Crippen LogP contribution in [0.15, 0.2) is 60.7 Å². The van der Waals surface area contributed by atoms with Crippen molar-refractivity contribution in [2.75, 3.05) is 13.2 Å². The maximum Gasteiger partial charge on any atom is 0.513 e. The minimum absolute atomic E-state index is 0.182. The quantitative estimate of drug-likeness (QED) is 0.102. The van der Waals surface area contributed by atoms with Gasteiger partial charge in [0.05, 0.1) is 13.2 Å². The van der Waals surface area contributed by atoms with E-state index in [9.17, 15) is 9.59 Å². The Morgan fingerprint density at radius 1 is 0.590 bits per heavy atom. The number of unbranched alkanes of at least 4 members (excludes halogenated alkanes) is 8. The summed E-state index contributed by atoms with van der Waals surface area (Å²) in [6.45, 7) is 4.88. The third kappa shape index (κ3) is 10.2. The standard InChI is InChI=1S/C32H40O7/c1-3-5-7-9-16-22-35-31(33)38-28-24-29(37-25-18-12-11-13-19-25)30(27-21-15-14-20-26(27)28)39-32(34)36-23-17-10-8-6-4-2/h11-15,18-21,24H,3-10,16-17,22-23H2,1-2H3. The van der Waals surface area contributed by atoms with Gasteiger partial charge in [-0.25, -0.2) is 9.59 Å². The van der Waals surface area contributed by atoms with Gasteiger partial charge in [-0.3, -0.25) is 0 Å². The van der Waals surface area contributed by atoms with Crippen molar-refractivity contribution in [3.63, 3.8) is 0 Å². The largest absolute Gasteiger partial charge is 0.513 e. The first-order valence-electron chi connectivity index (χ1n) is 14.1. The Morgan fingerprint density at radius 3 is 1.74 bits per heavy atom. The molecule has 0 aliphatic heterocycles. The Hall–Kier alpha value is -3.74. The van der Waals surface area contributed by atoms with Gasteiger partial charge < -0.3 is 23.7 Å². The zero-order chi connectivity index (χ0) is 27.7. The second-order valence-corrected chi connectivity index (χ2v) is 9.39. The highest BCUT2D eigenvalue weighted by Crippen LogP contribution is 2.43. The van der Waals surface area contributed by atoms with Crippen LogP contribution in [0.1, 0.15) is 78.1 Å². The molecule has 0 amide bonds. The fourth-order valence-corrected chi connectivity index (χ4v) is 4.13. The summed E-state index contributed by atoms with van der Waals surface area (Å²) in [7, 11) is 0. The lowest BCUT2D eigenvalue weighted by Crippen LogP contribution is -2.14. The van der Waals surface area contributed by atoms with Crippen LogP contribution in [0.5, 0.6) is 23.0 Å². The maximum atomic E-state index is 12.6. The van der Waals surface area contributed by atoms with E-state index in [-0.39, 0.29) is 23.9 Å². The molecule has 3 aromatic rings. The first-order valence-corrected chi connectivity index (χ1v) is 14.1. The zero-order valence-electron chi connectivity index (χ0n) is 23.1. The van der Waals surface area contributed by atoms with Crippen molar-refractivity contribution in [3.05, 3.63) is 60.7 Å². The Kier molecular flexibility index (Phi) is 13.0. The first kappa shape index (κ1) is 29.8. The second-order valence-electron chi connectivity index (χ2n) is 9.39. The third-order valence-electron chi connectivity index (χ3n) is 6.21. The molecule has 0 aromatic heterocycles. The lowest BCUT2D eigenvalue weighted by Gasteiger charge is -2.16. The normalized spacial score (nSPS) is 10.7. The summed E-state index contributed by atoms with van der Waals surface area (Å²) in [4.78, 5) is 25.1.